The van der Waals surface area contributed by atoms with E-state index in [1.807, 2.05) is 36.9 Å². The summed E-state index contributed by atoms with van der Waals surface area (Å²) in [6.45, 7) is 5.55. The summed E-state index contributed by atoms with van der Waals surface area (Å²) < 4.78 is 11.4. The zero-order valence-corrected chi connectivity index (χ0v) is 14.6. The van der Waals surface area contributed by atoms with Gasteiger partial charge in [-0.3, -0.25) is 4.79 Å². The van der Waals surface area contributed by atoms with Crippen LogP contribution in [0, 0.1) is 5.92 Å². The third-order valence-electron chi connectivity index (χ3n) is 4.98. The van der Waals surface area contributed by atoms with E-state index in [4.69, 9.17) is 9.15 Å². The summed E-state index contributed by atoms with van der Waals surface area (Å²) >= 11 is 0. The fraction of sp³-hybridized carbons (Fsp3) is 0.526. The summed E-state index contributed by atoms with van der Waals surface area (Å²) in [6, 6.07) is 9.97. The molecule has 1 aromatic heterocycles. The van der Waals surface area contributed by atoms with Gasteiger partial charge in [-0.05, 0) is 17.9 Å². The first-order chi connectivity index (χ1) is 12.1. The van der Waals surface area contributed by atoms with Gasteiger partial charge in [-0.1, -0.05) is 44.2 Å². The van der Waals surface area contributed by atoms with Gasteiger partial charge in [-0.15, -0.1) is 10.2 Å². The minimum Gasteiger partial charge on any atom is -0.423 e. The molecule has 132 valence electrons. The van der Waals surface area contributed by atoms with Crippen LogP contribution in [0.5, 0.6) is 0 Å². The molecule has 1 saturated carbocycles. The van der Waals surface area contributed by atoms with Crippen molar-refractivity contribution in [2.24, 2.45) is 5.92 Å². The molecule has 2 aliphatic rings. The first-order valence-corrected chi connectivity index (χ1v) is 8.91. The van der Waals surface area contributed by atoms with Crippen LogP contribution in [-0.2, 0) is 9.53 Å². The summed E-state index contributed by atoms with van der Waals surface area (Å²) in [5.41, 5.74) is 1.24. The summed E-state index contributed by atoms with van der Waals surface area (Å²) in [4.78, 5) is 14.9. The van der Waals surface area contributed by atoms with Crippen LogP contribution in [0.1, 0.15) is 55.5 Å². The SMILES string of the molecule is CC(C)c1nnc([C@@H]2COCCN2C(=O)[C@H]2C[C@@H]2c2ccccc2)o1. The number of carbonyl (C=O) groups excluding carboxylic acids is 1. The Labute approximate surface area is 147 Å². The van der Waals surface area contributed by atoms with Crippen molar-refractivity contribution in [3.63, 3.8) is 0 Å². The van der Waals surface area contributed by atoms with E-state index in [2.05, 4.69) is 22.3 Å². The van der Waals surface area contributed by atoms with Gasteiger partial charge >= 0.3 is 0 Å². The topological polar surface area (TPSA) is 68.5 Å². The lowest BCUT2D eigenvalue weighted by Gasteiger charge is -2.33. The van der Waals surface area contributed by atoms with Crippen molar-refractivity contribution < 1.29 is 13.9 Å². The van der Waals surface area contributed by atoms with E-state index in [1.54, 1.807) is 0 Å². The number of carbonyl (C=O) groups is 1. The van der Waals surface area contributed by atoms with Crippen LogP contribution < -0.4 is 0 Å². The highest BCUT2D eigenvalue weighted by atomic mass is 16.5. The number of benzene rings is 1. The number of nitrogens with zero attached hydrogens (tertiary/aromatic N) is 3. The fourth-order valence-corrected chi connectivity index (χ4v) is 3.44. The molecule has 2 fully saturated rings. The molecule has 1 aliphatic heterocycles. The lowest BCUT2D eigenvalue weighted by Crippen LogP contribution is -2.44. The summed E-state index contributed by atoms with van der Waals surface area (Å²) in [7, 11) is 0. The number of hydrogen-bond acceptors (Lipinski definition) is 5. The second-order valence-electron chi connectivity index (χ2n) is 7.11. The van der Waals surface area contributed by atoms with E-state index in [1.165, 1.54) is 5.56 Å². The minimum absolute atomic E-state index is 0.0514. The van der Waals surface area contributed by atoms with Gasteiger partial charge in [-0.2, -0.15) is 0 Å². The Balaban J connectivity index is 1.50. The lowest BCUT2D eigenvalue weighted by atomic mass is 10.1. The van der Waals surface area contributed by atoms with Crippen molar-refractivity contribution in [2.45, 2.75) is 38.1 Å². The molecule has 2 heterocycles. The predicted molar refractivity (Wildman–Crippen MR) is 91.0 cm³/mol. The molecule has 0 unspecified atom stereocenters. The van der Waals surface area contributed by atoms with Gasteiger partial charge in [0.15, 0.2) is 0 Å². The summed E-state index contributed by atoms with van der Waals surface area (Å²) in [5.74, 6) is 1.80. The van der Waals surface area contributed by atoms with E-state index in [9.17, 15) is 4.79 Å². The predicted octanol–water partition coefficient (Wildman–Crippen LogP) is 2.90. The lowest BCUT2D eigenvalue weighted by molar-refractivity contribution is -0.142. The maximum atomic E-state index is 13.0. The molecule has 1 aromatic carbocycles. The average molecular weight is 341 g/mol. The van der Waals surface area contributed by atoms with Gasteiger partial charge < -0.3 is 14.1 Å². The Morgan fingerprint density at radius 2 is 2.04 bits per heavy atom. The second kappa shape index (κ2) is 6.59. The maximum Gasteiger partial charge on any atom is 0.241 e. The molecule has 25 heavy (non-hydrogen) atoms. The van der Waals surface area contributed by atoms with Crippen LogP contribution in [0.2, 0.25) is 0 Å². The molecule has 2 aromatic rings. The van der Waals surface area contributed by atoms with E-state index >= 15 is 0 Å². The third kappa shape index (κ3) is 3.18. The van der Waals surface area contributed by atoms with Crippen LogP contribution in [0.15, 0.2) is 34.7 Å². The van der Waals surface area contributed by atoms with Crippen molar-refractivity contribution >= 4 is 5.91 Å². The van der Waals surface area contributed by atoms with Gasteiger partial charge in [0, 0.05) is 18.4 Å². The van der Waals surface area contributed by atoms with Crippen molar-refractivity contribution in [3.8, 4) is 0 Å². The van der Waals surface area contributed by atoms with Gasteiger partial charge in [0.05, 0.1) is 13.2 Å². The number of aromatic nitrogens is 2. The molecule has 4 rings (SSSR count). The van der Waals surface area contributed by atoms with E-state index < -0.39 is 0 Å². The zero-order valence-electron chi connectivity index (χ0n) is 14.6. The van der Waals surface area contributed by atoms with Crippen LogP contribution in [0.4, 0.5) is 0 Å². The molecule has 1 saturated heterocycles. The van der Waals surface area contributed by atoms with Crippen molar-refractivity contribution in [2.75, 3.05) is 19.8 Å². The van der Waals surface area contributed by atoms with Crippen molar-refractivity contribution in [1.82, 2.24) is 15.1 Å². The number of ether oxygens (including phenoxy) is 1. The Hall–Kier alpha value is -2.21. The van der Waals surface area contributed by atoms with Crippen molar-refractivity contribution in [1.29, 1.82) is 0 Å². The quantitative estimate of drug-likeness (QED) is 0.855. The Morgan fingerprint density at radius 1 is 1.24 bits per heavy atom. The molecule has 0 bridgehead atoms. The zero-order chi connectivity index (χ0) is 17.4. The summed E-state index contributed by atoms with van der Waals surface area (Å²) in [6.07, 6.45) is 0.911. The smallest absolute Gasteiger partial charge is 0.241 e. The Morgan fingerprint density at radius 3 is 2.76 bits per heavy atom. The van der Waals surface area contributed by atoms with Crippen LogP contribution in [0.3, 0.4) is 0 Å². The fourth-order valence-electron chi connectivity index (χ4n) is 3.44. The first-order valence-electron chi connectivity index (χ1n) is 8.91. The van der Waals surface area contributed by atoms with E-state index in [-0.39, 0.29) is 23.8 Å². The third-order valence-corrected chi connectivity index (χ3v) is 4.98. The van der Waals surface area contributed by atoms with Crippen molar-refractivity contribution in [3.05, 3.63) is 47.7 Å². The maximum absolute atomic E-state index is 13.0. The molecular weight excluding hydrogens is 318 g/mol. The molecule has 6 nitrogen and oxygen atoms in total. The van der Waals surface area contributed by atoms with E-state index in [0.717, 1.165) is 6.42 Å². The normalized spacial score (nSPS) is 26.0. The highest BCUT2D eigenvalue weighted by Gasteiger charge is 2.48. The van der Waals surface area contributed by atoms with E-state index in [0.29, 0.717) is 37.5 Å². The molecule has 0 radical (unpaired) electrons. The molecule has 0 spiro atoms. The van der Waals surface area contributed by atoms with Crippen LogP contribution >= 0.6 is 0 Å². The van der Waals surface area contributed by atoms with Crippen LogP contribution in [0.25, 0.3) is 0 Å². The highest BCUT2D eigenvalue weighted by Crippen LogP contribution is 2.49. The second-order valence-corrected chi connectivity index (χ2v) is 7.11. The number of hydrogen-bond donors (Lipinski definition) is 0. The monoisotopic (exact) mass is 341 g/mol. The van der Waals surface area contributed by atoms with Crippen LogP contribution in [-0.4, -0.2) is 40.8 Å². The number of rotatable bonds is 4. The van der Waals surface area contributed by atoms with Gasteiger partial charge in [-0.25, -0.2) is 0 Å². The summed E-state index contributed by atoms with van der Waals surface area (Å²) in [5, 5.41) is 8.26. The average Bonchev–Trinajstić information content (AvgIpc) is 3.29. The minimum atomic E-state index is -0.279. The highest BCUT2D eigenvalue weighted by molar-refractivity contribution is 5.83. The Kier molecular flexibility index (Phi) is 4.29. The number of morpholine rings is 1. The van der Waals surface area contributed by atoms with Gasteiger partial charge in [0.1, 0.15) is 6.04 Å². The Bertz CT molecular complexity index is 743. The molecule has 3 atom stereocenters. The number of amides is 1. The van der Waals surface area contributed by atoms with Gasteiger partial charge in [0.25, 0.3) is 0 Å². The molecular formula is C19H23N3O3. The molecule has 0 N–H and O–H groups in total. The molecule has 6 heteroatoms. The molecule has 1 aliphatic carbocycles. The largest absolute Gasteiger partial charge is 0.423 e. The standard InChI is InChI=1S/C19H23N3O3/c1-12(2)17-20-21-18(25-17)16-11-24-9-8-22(16)19(23)15-10-14(15)13-6-4-3-5-7-13/h3-7,12,14-16H,8-11H2,1-2H3/t14-,15+,16+/m1/s1. The first kappa shape index (κ1) is 16.3. The molecule has 1 amide bonds. The van der Waals surface area contributed by atoms with Gasteiger partial charge in [0.2, 0.25) is 17.7 Å².